The van der Waals surface area contributed by atoms with E-state index in [2.05, 4.69) is 24.9 Å². The van der Waals surface area contributed by atoms with E-state index in [4.69, 9.17) is 0 Å². The van der Waals surface area contributed by atoms with E-state index in [1.54, 1.807) is 4.90 Å². The number of para-hydroxylation sites is 2. The molecule has 2 atom stereocenters. The molecule has 0 spiro atoms. The minimum Gasteiger partial charge on any atom is -0.319 e. The Morgan fingerprint density at radius 1 is 1.21 bits per heavy atom. The fourth-order valence-electron chi connectivity index (χ4n) is 3.85. The SMILES string of the molecule is CC[C@@H](C)c1ccccc1N1C[C@H](C(=O)N=c2sc3ccccc3n2C)CC1=O. The van der Waals surface area contributed by atoms with Gasteiger partial charge in [-0.25, -0.2) is 0 Å². The molecular formula is C23H25N3O2S. The summed E-state index contributed by atoms with van der Waals surface area (Å²) < 4.78 is 3.03. The first-order chi connectivity index (χ1) is 14.0. The van der Waals surface area contributed by atoms with Crippen LogP contribution in [0.25, 0.3) is 10.2 Å². The average molecular weight is 408 g/mol. The van der Waals surface area contributed by atoms with Crippen LogP contribution >= 0.6 is 11.3 Å². The fourth-order valence-corrected chi connectivity index (χ4v) is 4.87. The standard InChI is InChI=1S/C23H25N3O2S/c1-4-15(2)17-9-5-6-10-18(17)26-14-16(13-21(26)27)22(28)24-23-25(3)19-11-7-8-12-20(19)29-23/h5-12,15-16H,4,13-14H2,1-3H3/t15-,16-/m1/s1. The number of thiazole rings is 1. The smallest absolute Gasteiger partial charge is 0.253 e. The molecule has 2 heterocycles. The lowest BCUT2D eigenvalue weighted by Crippen LogP contribution is -2.27. The van der Waals surface area contributed by atoms with E-state index in [1.165, 1.54) is 11.3 Å². The molecule has 4 rings (SSSR count). The molecule has 1 aliphatic heterocycles. The van der Waals surface area contributed by atoms with Crippen LogP contribution < -0.4 is 9.70 Å². The van der Waals surface area contributed by atoms with Gasteiger partial charge in [-0.05, 0) is 36.1 Å². The van der Waals surface area contributed by atoms with Gasteiger partial charge in [-0.1, -0.05) is 55.5 Å². The number of hydrogen-bond acceptors (Lipinski definition) is 3. The van der Waals surface area contributed by atoms with Gasteiger partial charge in [-0.3, -0.25) is 9.59 Å². The zero-order chi connectivity index (χ0) is 20.5. The van der Waals surface area contributed by atoms with Gasteiger partial charge in [0.25, 0.3) is 5.91 Å². The van der Waals surface area contributed by atoms with Crippen LogP contribution in [0, 0.1) is 5.92 Å². The maximum atomic E-state index is 12.9. The minimum absolute atomic E-state index is 0.00461. The van der Waals surface area contributed by atoms with Crippen molar-refractivity contribution in [1.82, 2.24) is 4.57 Å². The molecule has 150 valence electrons. The van der Waals surface area contributed by atoms with Crippen molar-refractivity contribution < 1.29 is 9.59 Å². The molecule has 0 bridgehead atoms. The number of fused-ring (bicyclic) bond motifs is 1. The van der Waals surface area contributed by atoms with Crippen LogP contribution in [-0.4, -0.2) is 22.9 Å². The molecule has 0 radical (unpaired) electrons. The molecule has 2 amide bonds. The van der Waals surface area contributed by atoms with Crippen molar-refractivity contribution in [3.63, 3.8) is 0 Å². The van der Waals surface area contributed by atoms with E-state index in [9.17, 15) is 9.59 Å². The van der Waals surface area contributed by atoms with Crippen molar-refractivity contribution in [2.24, 2.45) is 18.0 Å². The number of aromatic nitrogens is 1. The summed E-state index contributed by atoms with van der Waals surface area (Å²) in [5.74, 6) is -0.271. The first kappa shape index (κ1) is 19.6. The highest BCUT2D eigenvalue weighted by atomic mass is 32.1. The number of nitrogens with zero attached hydrogens (tertiary/aromatic N) is 3. The Balaban J connectivity index is 1.61. The van der Waals surface area contributed by atoms with Crippen LogP contribution in [0.5, 0.6) is 0 Å². The topological polar surface area (TPSA) is 54.7 Å². The molecule has 0 unspecified atom stereocenters. The van der Waals surface area contributed by atoms with Gasteiger partial charge in [-0.15, -0.1) is 0 Å². The quantitative estimate of drug-likeness (QED) is 0.650. The second kappa shape index (κ2) is 7.95. The number of aryl methyl sites for hydroxylation is 1. The molecule has 0 aliphatic carbocycles. The molecule has 1 aromatic heterocycles. The number of benzene rings is 2. The van der Waals surface area contributed by atoms with Crippen LogP contribution in [0.15, 0.2) is 53.5 Å². The van der Waals surface area contributed by atoms with E-state index >= 15 is 0 Å². The van der Waals surface area contributed by atoms with Gasteiger partial charge in [0.15, 0.2) is 4.80 Å². The van der Waals surface area contributed by atoms with Gasteiger partial charge in [0.05, 0.1) is 16.1 Å². The summed E-state index contributed by atoms with van der Waals surface area (Å²) in [5.41, 5.74) is 3.13. The third-order valence-corrected chi connectivity index (χ3v) is 6.88. The molecule has 0 N–H and O–H groups in total. The van der Waals surface area contributed by atoms with Crippen LogP contribution in [0.2, 0.25) is 0 Å². The molecular weight excluding hydrogens is 382 g/mol. The Labute approximate surface area is 174 Å². The van der Waals surface area contributed by atoms with E-state index < -0.39 is 5.92 Å². The molecule has 1 saturated heterocycles. The number of rotatable bonds is 4. The largest absolute Gasteiger partial charge is 0.319 e. The molecule has 6 heteroatoms. The van der Waals surface area contributed by atoms with Crippen LogP contribution in [-0.2, 0) is 16.6 Å². The average Bonchev–Trinajstić information content (AvgIpc) is 3.28. The molecule has 0 saturated carbocycles. The molecule has 2 aromatic carbocycles. The molecule has 1 aliphatic rings. The van der Waals surface area contributed by atoms with Crippen molar-refractivity contribution in [3.8, 4) is 0 Å². The Hall–Kier alpha value is -2.73. The number of anilines is 1. The normalized spacial score (nSPS) is 18.6. The number of carbonyl (C=O) groups excluding carboxylic acids is 2. The lowest BCUT2D eigenvalue weighted by atomic mass is 9.96. The lowest BCUT2D eigenvalue weighted by molar-refractivity contribution is -0.123. The lowest BCUT2D eigenvalue weighted by Gasteiger charge is -2.22. The first-order valence-corrected chi connectivity index (χ1v) is 10.8. The Morgan fingerprint density at radius 2 is 1.93 bits per heavy atom. The predicted molar refractivity (Wildman–Crippen MR) is 117 cm³/mol. The van der Waals surface area contributed by atoms with Crippen molar-refractivity contribution in [1.29, 1.82) is 0 Å². The van der Waals surface area contributed by atoms with Crippen molar-refractivity contribution in [3.05, 3.63) is 58.9 Å². The van der Waals surface area contributed by atoms with E-state index in [1.807, 2.05) is 54.1 Å². The minimum atomic E-state index is -0.405. The Morgan fingerprint density at radius 3 is 2.69 bits per heavy atom. The summed E-state index contributed by atoms with van der Waals surface area (Å²) in [7, 11) is 1.92. The zero-order valence-electron chi connectivity index (χ0n) is 17.0. The Kier molecular flexibility index (Phi) is 5.37. The van der Waals surface area contributed by atoms with E-state index in [0.29, 0.717) is 17.3 Å². The summed E-state index contributed by atoms with van der Waals surface area (Å²) in [5, 5.41) is 0. The second-order valence-corrected chi connectivity index (χ2v) is 8.64. The Bertz CT molecular complexity index is 1140. The summed E-state index contributed by atoms with van der Waals surface area (Å²) in [6.07, 6.45) is 1.21. The monoisotopic (exact) mass is 407 g/mol. The van der Waals surface area contributed by atoms with Gasteiger partial charge in [0.2, 0.25) is 5.91 Å². The highest BCUT2D eigenvalue weighted by molar-refractivity contribution is 7.16. The van der Waals surface area contributed by atoms with Gasteiger partial charge in [-0.2, -0.15) is 4.99 Å². The number of carbonyl (C=O) groups is 2. The zero-order valence-corrected chi connectivity index (χ0v) is 17.8. The van der Waals surface area contributed by atoms with Crippen molar-refractivity contribution >= 4 is 39.1 Å². The summed E-state index contributed by atoms with van der Waals surface area (Å²) >= 11 is 1.50. The van der Waals surface area contributed by atoms with Crippen molar-refractivity contribution in [2.75, 3.05) is 11.4 Å². The molecule has 3 aromatic rings. The van der Waals surface area contributed by atoms with Gasteiger partial charge in [0, 0.05) is 25.7 Å². The van der Waals surface area contributed by atoms with Gasteiger partial charge < -0.3 is 9.47 Å². The summed E-state index contributed by atoms with van der Waals surface area (Å²) in [6, 6.07) is 16.0. The van der Waals surface area contributed by atoms with Crippen LogP contribution in [0.4, 0.5) is 5.69 Å². The molecule has 5 nitrogen and oxygen atoms in total. The molecule has 1 fully saturated rings. The highest BCUT2D eigenvalue weighted by Gasteiger charge is 2.36. The number of hydrogen-bond donors (Lipinski definition) is 0. The highest BCUT2D eigenvalue weighted by Crippen LogP contribution is 2.33. The first-order valence-electron chi connectivity index (χ1n) is 10.0. The van der Waals surface area contributed by atoms with E-state index in [0.717, 1.165) is 27.9 Å². The van der Waals surface area contributed by atoms with Gasteiger partial charge in [0.1, 0.15) is 0 Å². The van der Waals surface area contributed by atoms with Crippen LogP contribution in [0.3, 0.4) is 0 Å². The maximum absolute atomic E-state index is 12.9. The second-order valence-electron chi connectivity index (χ2n) is 7.63. The molecule has 29 heavy (non-hydrogen) atoms. The summed E-state index contributed by atoms with van der Waals surface area (Å²) in [6.45, 7) is 4.70. The number of amides is 2. The maximum Gasteiger partial charge on any atom is 0.253 e. The fraction of sp³-hybridized carbons (Fsp3) is 0.348. The van der Waals surface area contributed by atoms with Crippen molar-refractivity contribution in [2.45, 2.75) is 32.6 Å². The third kappa shape index (κ3) is 3.65. The summed E-state index contributed by atoms with van der Waals surface area (Å²) in [4.78, 5) is 32.4. The van der Waals surface area contributed by atoms with Crippen LogP contribution in [0.1, 0.15) is 38.2 Å². The van der Waals surface area contributed by atoms with E-state index in [-0.39, 0.29) is 18.2 Å². The third-order valence-electron chi connectivity index (χ3n) is 5.77. The predicted octanol–water partition coefficient (Wildman–Crippen LogP) is 4.23. The van der Waals surface area contributed by atoms with Gasteiger partial charge >= 0.3 is 0 Å².